The van der Waals surface area contributed by atoms with Gasteiger partial charge in [0, 0.05) is 17.6 Å². The van der Waals surface area contributed by atoms with Crippen molar-refractivity contribution in [2.45, 2.75) is 43.4 Å². The molecule has 0 aliphatic rings. The Morgan fingerprint density at radius 1 is 1.17 bits per heavy atom. The summed E-state index contributed by atoms with van der Waals surface area (Å²) in [6, 6.07) is 18.7. The monoisotopic (exact) mass is 409 g/mol. The highest BCUT2D eigenvalue weighted by molar-refractivity contribution is 7.98. The molecule has 5 nitrogen and oxygen atoms in total. The van der Waals surface area contributed by atoms with E-state index in [4.69, 9.17) is 10.5 Å². The highest BCUT2D eigenvalue weighted by Gasteiger charge is 2.13. The van der Waals surface area contributed by atoms with Gasteiger partial charge in [-0.25, -0.2) is 4.98 Å². The summed E-state index contributed by atoms with van der Waals surface area (Å²) >= 11 is 1.78. The summed E-state index contributed by atoms with van der Waals surface area (Å²) in [5, 5.41) is 0. The van der Waals surface area contributed by atoms with Crippen LogP contribution in [0.2, 0.25) is 0 Å². The predicted molar refractivity (Wildman–Crippen MR) is 117 cm³/mol. The van der Waals surface area contributed by atoms with E-state index < -0.39 is 5.91 Å². The van der Waals surface area contributed by atoms with Crippen molar-refractivity contribution in [3.05, 3.63) is 83.9 Å². The summed E-state index contributed by atoms with van der Waals surface area (Å²) in [4.78, 5) is 16.7. The first-order valence-electron chi connectivity index (χ1n) is 9.74. The SMILES string of the molecule is CSc1ccccc1CCC[C@@H](Cn1cnc(C(N)=O)c1)OCc1ccccc1. The fraction of sp³-hybridized carbons (Fsp3) is 0.304. The number of hydrogen-bond acceptors (Lipinski definition) is 4. The molecule has 0 aliphatic carbocycles. The molecule has 0 aliphatic heterocycles. The Morgan fingerprint density at radius 2 is 1.93 bits per heavy atom. The molecule has 2 N–H and O–H groups in total. The number of nitrogens with two attached hydrogens (primary N) is 1. The lowest BCUT2D eigenvalue weighted by Crippen LogP contribution is -2.20. The van der Waals surface area contributed by atoms with Gasteiger partial charge in [-0.05, 0) is 42.7 Å². The number of ether oxygens (including phenoxy) is 1. The van der Waals surface area contributed by atoms with Crippen LogP contribution in [0.15, 0.2) is 72.0 Å². The Kier molecular flexibility index (Phi) is 7.90. The number of imidazole rings is 1. The number of amides is 1. The fourth-order valence-corrected chi connectivity index (χ4v) is 3.91. The van der Waals surface area contributed by atoms with E-state index in [0.29, 0.717) is 13.2 Å². The maximum Gasteiger partial charge on any atom is 0.268 e. The van der Waals surface area contributed by atoms with Crippen LogP contribution in [0.1, 0.15) is 34.5 Å². The fourth-order valence-electron chi connectivity index (χ4n) is 3.27. The smallest absolute Gasteiger partial charge is 0.268 e. The third kappa shape index (κ3) is 6.48. The van der Waals surface area contributed by atoms with Gasteiger partial charge in [0.1, 0.15) is 5.69 Å². The molecular weight excluding hydrogens is 382 g/mol. The summed E-state index contributed by atoms with van der Waals surface area (Å²) in [6.07, 6.45) is 8.41. The Morgan fingerprint density at radius 3 is 2.66 bits per heavy atom. The Hall–Kier alpha value is -2.57. The van der Waals surface area contributed by atoms with E-state index in [1.165, 1.54) is 10.5 Å². The molecular formula is C23H27N3O2S. The Balaban J connectivity index is 1.61. The van der Waals surface area contributed by atoms with Gasteiger partial charge in [0.15, 0.2) is 0 Å². The van der Waals surface area contributed by atoms with E-state index in [1.54, 1.807) is 24.3 Å². The van der Waals surface area contributed by atoms with Crippen LogP contribution in [0.3, 0.4) is 0 Å². The van der Waals surface area contributed by atoms with Gasteiger partial charge in [-0.15, -0.1) is 11.8 Å². The van der Waals surface area contributed by atoms with Gasteiger partial charge < -0.3 is 15.0 Å². The minimum Gasteiger partial charge on any atom is -0.372 e. The second-order valence-corrected chi connectivity index (χ2v) is 7.79. The van der Waals surface area contributed by atoms with E-state index in [9.17, 15) is 4.79 Å². The largest absolute Gasteiger partial charge is 0.372 e. The zero-order chi connectivity index (χ0) is 20.5. The van der Waals surface area contributed by atoms with Gasteiger partial charge in [0.05, 0.1) is 19.0 Å². The van der Waals surface area contributed by atoms with E-state index >= 15 is 0 Å². The molecule has 0 bridgehead atoms. The Labute approximate surface area is 176 Å². The summed E-state index contributed by atoms with van der Waals surface area (Å²) in [5.74, 6) is -0.515. The van der Waals surface area contributed by atoms with Gasteiger partial charge >= 0.3 is 0 Å². The number of rotatable bonds is 11. The number of primary amides is 1. The van der Waals surface area contributed by atoms with Crippen molar-refractivity contribution >= 4 is 17.7 Å². The highest BCUT2D eigenvalue weighted by atomic mass is 32.2. The van der Waals surface area contributed by atoms with E-state index in [-0.39, 0.29) is 11.8 Å². The van der Waals surface area contributed by atoms with Crippen molar-refractivity contribution < 1.29 is 9.53 Å². The number of carbonyl (C=O) groups is 1. The van der Waals surface area contributed by atoms with Crippen molar-refractivity contribution in [3.63, 3.8) is 0 Å². The second-order valence-electron chi connectivity index (χ2n) is 6.94. The molecule has 1 atom stereocenters. The van der Waals surface area contributed by atoms with Gasteiger partial charge in [0.25, 0.3) is 5.91 Å². The quantitative estimate of drug-likeness (QED) is 0.479. The van der Waals surface area contributed by atoms with Gasteiger partial charge in [-0.2, -0.15) is 0 Å². The van der Waals surface area contributed by atoms with Crippen LogP contribution in [0.25, 0.3) is 0 Å². The van der Waals surface area contributed by atoms with Crippen molar-refractivity contribution in [2.24, 2.45) is 5.73 Å². The topological polar surface area (TPSA) is 70.1 Å². The third-order valence-corrected chi connectivity index (χ3v) is 5.63. The molecule has 0 saturated carbocycles. The normalized spacial score (nSPS) is 12.0. The van der Waals surface area contributed by atoms with Crippen LogP contribution in [-0.2, 0) is 24.3 Å². The number of nitrogens with zero attached hydrogens (tertiary/aromatic N) is 2. The van der Waals surface area contributed by atoms with Gasteiger partial charge in [-0.3, -0.25) is 4.79 Å². The van der Waals surface area contributed by atoms with Crippen molar-refractivity contribution in [1.29, 1.82) is 0 Å². The molecule has 3 aromatic rings. The summed E-state index contributed by atoms with van der Waals surface area (Å²) in [6.45, 7) is 1.20. The summed E-state index contributed by atoms with van der Waals surface area (Å²) in [5.41, 5.74) is 8.12. The van der Waals surface area contributed by atoms with Crippen LogP contribution < -0.4 is 5.73 Å². The number of aromatic nitrogens is 2. The van der Waals surface area contributed by atoms with Crippen molar-refractivity contribution in [3.8, 4) is 0 Å². The molecule has 152 valence electrons. The van der Waals surface area contributed by atoms with Crippen LogP contribution in [0, 0.1) is 0 Å². The molecule has 0 saturated heterocycles. The maximum atomic E-state index is 11.3. The minimum atomic E-state index is -0.515. The number of hydrogen-bond donors (Lipinski definition) is 1. The zero-order valence-electron chi connectivity index (χ0n) is 16.7. The van der Waals surface area contributed by atoms with E-state index in [0.717, 1.165) is 24.8 Å². The maximum absolute atomic E-state index is 11.3. The van der Waals surface area contributed by atoms with Crippen LogP contribution in [-0.4, -0.2) is 27.8 Å². The molecule has 0 radical (unpaired) electrons. The van der Waals surface area contributed by atoms with Crippen molar-refractivity contribution in [2.75, 3.05) is 6.26 Å². The molecule has 1 amide bonds. The molecule has 1 aromatic heterocycles. The second kappa shape index (κ2) is 10.8. The lowest BCUT2D eigenvalue weighted by Gasteiger charge is -2.19. The molecule has 6 heteroatoms. The Bertz CT molecular complexity index is 911. The molecule has 0 fully saturated rings. The number of carbonyl (C=O) groups excluding carboxylic acids is 1. The van der Waals surface area contributed by atoms with Crippen LogP contribution >= 0.6 is 11.8 Å². The lowest BCUT2D eigenvalue weighted by molar-refractivity contribution is 0.0225. The first-order chi connectivity index (χ1) is 14.2. The van der Waals surface area contributed by atoms with Crippen LogP contribution in [0.4, 0.5) is 0 Å². The minimum absolute atomic E-state index is 0.0200. The first kappa shape index (κ1) is 21.1. The van der Waals surface area contributed by atoms with Gasteiger partial charge in [0.2, 0.25) is 0 Å². The predicted octanol–water partition coefficient (Wildman–Crippen LogP) is 4.31. The summed E-state index contributed by atoms with van der Waals surface area (Å²) < 4.78 is 8.11. The lowest BCUT2D eigenvalue weighted by atomic mass is 10.1. The van der Waals surface area contributed by atoms with Gasteiger partial charge in [-0.1, -0.05) is 48.5 Å². The molecule has 29 heavy (non-hydrogen) atoms. The highest BCUT2D eigenvalue weighted by Crippen LogP contribution is 2.22. The molecule has 2 aromatic carbocycles. The number of aryl methyl sites for hydroxylation is 1. The van der Waals surface area contributed by atoms with Crippen LogP contribution in [0.5, 0.6) is 0 Å². The molecule has 0 unspecified atom stereocenters. The van der Waals surface area contributed by atoms with Crippen molar-refractivity contribution in [1.82, 2.24) is 9.55 Å². The average molecular weight is 410 g/mol. The number of thioether (sulfide) groups is 1. The first-order valence-corrected chi connectivity index (χ1v) is 11.0. The molecule has 3 rings (SSSR count). The zero-order valence-corrected chi connectivity index (χ0v) is 17.5. The third-order valence-electron chi connectivity index (χ3n) is 4.79. The van der Waals surface area contributed by atoms with E-state index in [1.807, 2.05) is 22.8 Å². The molecule has 1 heterocycles. The summed E-state index contributed by atoms with van der Waals surface area (Å²) in [7, 11) is 0. The standard InChI is InChI=1S/C23H27N3O2S/c1-29-22-13-6-5-10-19(22)11-7-12-20(28-16-18-8-3-2-4-9-18)14-26-15-21(23(24)27)25-17-26/h2-6,8-10,13,15,17,20H,7,11-12,14,16H2,1H3,(H2,24,27)/t20-/m0/s1. The van der Waals surface area contributed by atoms with E-state index in [2.05, 4.69) is 47.6 Å². The molecule has 0 spiro atoms. The number of benzene rings is 2. The average Bonchev–Trinajstić information content (AvgIpc) is 3.22.